The lowest BCUT2D eigenvalue weighted by atomic mass is 10.2. The number of hydrogen-bond donors (Lipinski definition) is 1. The van der Waals surface area contributed by atoms with Crippen LogP contribution in [0.4, 0.5) is 5.95 Å². The minimum absolute atomic E-state index is 0.160. The maximum Gasteiger partial charge on any atom is 0.260 e. The zero-order valence-electron chi connectivity index (χ0n) is 14.5. The van der Waals surface area contributed by atoms with Crippen molar-refractivity contribution in [1.82, 2.24) is 14.9 Å². The molecule has 0 saturated carbocycles. The molecule has 7 nitrogen and oxygen atoms in total. The lowest BCUT2D eigenvalue weighted by molar-refractivity contribution is 0.257. The fraction of sp³-hybridized carbons (Fsp3) is 0.529. The molecule has 0 spiro atoms. The smallest absolute Gasteiger partial charge is 0.260 e. The van der Waals surface area contributed by atoms with Crippen LogP contribution in [0.1, 0.15) is 13.3 Å². The van der Waals surface area contributed by atoms with Gasteiger partial charge in [-0.3, -0.25) is 14.7 Å². The van der Waals surface area contributed by atoms with E-state index in [9.17, 15) is 4.79 Å². The zero-order chi connectivity index (χ0) is 17.1. The van der Waals surface area contributed by atoms with E-state index in [0.717, 1.165) is 39.1 Å². The predicted octanol–water partition coefficient (Wildman–Crippen LogP) is 1.47. The SMILES string of the molecule is CCCN1CCN(c2nc3cc(OC)c(OC)cc3c(=O)[nH]2)CC1. The molecule has 7 heteroatoms. The summed E-state index contributed by atoms with van der Waals surface area (Å²) < 4.78 is 10.6. The maximum absolute atomic E-state index is 12.4. The fourth-order valence-corrected chi connectivity index (χ4v) is 3.10. The van der Waals surface area contributed by atoms with Gasteiger partial charge in [-0.1, -0.05) is 6.92 Å². The van der Waals surface area contributed by atoms with Gasteiger partial charge in [0.05, 0.1) is 25.1 Å². The predicted molar refractivity (Wildman–Crippen MR) is 94.4 cm³/mol. The Hall–Kier alpha value is -2.28. The van der Waals surface area contributed by atoms with Crippen molar-refractivity contribution in [2.24, 2.45) is 0 Å². The Morgan fingerprint density at radius 1 is 1.12 bits per heavy atom. The fourth-order valence-electron chi connectivity index (χ4n) is 3.10. The van der Waals surface area contributed by atoms with Crippen LogP contribution in [-0.2, 0) is 0 Å². The number of piperazine rings is 1. The highest BCUT2D eigenvalue weighted by atomic mass is 16.5. The first-order valence-electron chi connectivity index (χ1n) is 8.29. The molecule has 1 aromatic heterocycles. The number of anilines is 1. The largest absolute Gasteiger partial charge is 0.493 e. The third-order valence-corrected chi connectivity index (χ3v) is 4.41. The van der Waals surface area contributed by atoms with Crippen LogP contribution in [0.25, 0.3) is 10.9 Å². The van der Waals surface area contributed by atoms with Crippen LogP contribution in [-0.4, -0.2) is 61.8 Å². The molecule has 0 atom stereocenters. The average molecular weight is 332 g/mol. The number of nitrogens with one attached hydrogen (secondary N) is 1. The Balaban J connectivity index is 1.92. The molecule has 0 bridgehead atoms. The van der Waals surface area contributed by atoms with E-state index in [0.29, 0.717) is 28.4 Å². The van der Waals surface area contributed by atoms with Crippen molar-refractivity contribution in [2.45, 2.75) is 13.3 Å². The summed E-state index contributed by atoms with van der Waals surface area (Å²) in [4.78, 5) is 24.5. The molecular formula is C17H24N4O3. The minimum atomic E-state index is -0.160. The van der Waals surface area contributed by atoms with Gasteiger partial charge in [0.1, 0.15) is 0 Å². The van der Waals surface area contributed by atoms with Crippen molar-refractivity contribution in [3.8, 4) is 11.5 Å². The molecule has 0 aliphatic carbocycles. The van der Waals surface area contributed by atoms with Gasteiger partial charge in [0, 0.05) is 32.2 Å². The molecule has 1 aliphatic heterocycles. The van der Waals surface area contributed by atoms with Crippen molar-refractivity contribution >= 4 is 16.9 Å². The van der Waals surface area contributed by atoms with Gasteiger partial charge in [0.2, 0.25) is 5.95 Å². The van der Waals surface area contributed by atoms with Gasteiger partial charge >= 0.3 is 0 Å². The van der Waals surface area contributed by atoms with Crippen LogP contribution in [0.15, 0.2) is 16.9 Å². The van der Waals surface area contributed by atoms with E-state index < -0.39 is 0 Å². The number of ether oxygens (including phenoxy) is 2. The second-order valence-corrected chi connectivity index (χ2v) is 5.94. The van der Waals surface area contributed by atoms with Crippen LogP contribution in [0.2, 0.25) is 0 Å². The molecule has 2 aromatic rings. The van der Waals surface area contributed by atoms with Crippen LogP contribution in [0, 0.1) is 0 Å². The first-order chi connectivity index (χ1) is 11.7. The molecule has 1 aromatic carbocycles. The number of fused-ring (bicyclic) bond motifs is 1. The van der Waals surface area contributed by atoms with Crippen molar-refractivity contribution in [1.29, 1.82) is 0 Å². The van der Waals surface area contributed by atoms with Crippen molar-refractivity contribution in [3.05, 3.63) is 22.5 Å². The van der Waals surface area contributed by atoms with Crippen molar-refractivity contribution in [2.75, 3.05) is 51.8 Å². The second-order valence-electron chi connectivity index (χ2n) is 5.94. The molecule has 1 fully saturated rings. The van der Waals surface area contributed by atoms with Gasteiger partial charge in [-0.2, -0.15) is 0 Å². The number of methoxy groups -OCH3 is 2. The molecule has 3 rings (SSSR count). The molecule has 1 aliphatic rings. The molecular weight excluding hydrogens is 308 g/mol. The van der Waals surface area contributed by atoms with Crippen LogP contribution >= 0.6 is 0 Å². The lowest BCUT2D eigenvalue weighted by Crippen LogP contribution is -2.47. The Morgan fingerprint density at radius 2 is 1.79 bits per heavy atom. The normalized spacial score (nSPS) is 15.7. The zero-order valence-corrected chi connectivity index (χ0v) is 14.5. The standard InChI is InChI=1S/C17H24N4O3/c1-4-5-20-6-8-21(9-7-20)17-18-13-11-15(24-3)14(23-2)10-12(13)16(22)19-17/h10-11H,4-9H2,1-3H3,(H,18,19,22). The number of rotatable bonds is 5. The van der Waals surface area contributed by atoms with E-state index in [4.69, 9.17) is 9.47 Å². The van der Waals surface area contributed by atoms with E-state index in [-0.39, 0.29) is 5.56 Å². The second kappa shape index (κ2) is 7.09. The lowest BCUT2D eigenvalue weighted by Gasteiger charge is -2.34. The highest BCUT2D eigenvalue weighted by molar-refractivity contribution is 5.82. The van der Waals surface area contributed by atoms with E-state index >= 15 is 0 Å². The molecule has 1 saturated heterocycles. The summed E-state index contributed by atoms with van der Waals surface area (Å²) in [6.45, 7) is 7.01. The third kappa shape index (κ3) is 3.17. The van der Waals surface area contributed by atoms with E-state index in [2.05, 4.69) is 26.7 Å². The van der Waals surface area contributed by atoms with Gasteiger partial charge in [0.15, 0.2) is 11.5 Å². The van der Waals surface area contributed by atoms with E-state index in [1.165, 1.54) is 0 Å². The highest BCUT2D eigenvalue weighted by Crippen LogP contribution is 2.30. The minimum Gasteiger partial charge on any atom is -0.493 e. The Morgan fingerprint density at radius 3 is 2.42 bits per heavy atom. The number of aromatic amines is 1. The quantitative estimate of drug-likeness (QED) is 0.894. The first kappa shape index (κ1) is 16.6. The molecule has 24 heavy (non-hydrogen) atoms. The first-order valence-corrected chi connectivity index (χ1v) is 8.29. The topological polar surface area (TPSA) is 70.7 Å². The van der Waals surface area contributed by atoms with Gasteiger partial charge in [-0.05, 0) is 19.0 Å². The molecule has 0 amide bonds. The molecule has 1 N–H and O–H groups in total. The Bertz CT molecular complexity index is 766. The van der Waals surface area contributed by atoms with Crippen LogP contribution in [0.5, 0.6) is 11.5 Å². The summed E-state index contributed by atoms with van der Waals surface area (Å²) >= 11 is 0. The monoisotopic (exact) mass is 332 g/mol. The van der Waals surface area contributed by atoms with Gasteiger partial charge < -0.3 is 14.4 Å². The number of hydrogen-bond acceptors (Lipinski definition) is 6. The molecule has 0 unspecified atom stereocenters. The van der Waals surface area contributed by atoms with E-state index in [1.54, 1.807) is 26.4 Å². The molecule has 2 heterocycles. The molecule has 0 radical (unpaired) electrons. The Labute approximate surface area is 141 Å². The number of H-pyrrole nitrogens is 1. The average Bonchev–Trinajstić information content (AvgIpc) is 2.61. The summed E-state index contributed by atoms with van der Waals surface area (Å²) in [5.74, 6) is 1.72. The molecule has 130 valence electrons. The van der Waals surface area contributed by atoms with Gasteiger partial charge in [-0.15, -0.1) is 0 Å². The maximum atomic E-state index is 12.4. The number of benzene rings is 1. The van der Waals surface area contributed by atoms with E-state index in [1.807, 2.05) is 0 Å². The number of aromatic nitrogens is 2. The van der Waals surface area contributed by atoms with Crippen molar-refractivity contribution < 1.29 is 9.47 Å². The van der Waals surface area contributed by atoms with Gasteiger partial charge in [-0.25, -0.2) is 4.98 Å². The number of nitrogens with zero attached hydrogens (tertiary/aromatic N) is 3. The Kier molecular flexibility index (Phi) is 4.89. The summed E-state index contributed by atoms with van der Waals surface area (Å²) in [5, 5.41) is 0.501. The highest BCUT2D eigenvalue weighted by Gasteiger charge is 2.19. The van der Waals surface area contributed by atoms with Gasteiger partial charge in [0.25, 0.3) is 5.56 Å². The summed E-state index contributed by atoms with van der Waals surface area (Å²) in [7, 11) is 3.13. The summed E-state index contributed by atoms with van der Waals surface area (Å²) in [6.07, 6.45) is 1.16. The summed E-state index contributed by atoms with van der Waals surface area (Å²) in [5.41, 5.74) is 0.453. The summed E-state index contributed by atoms with van der Waals surface area (Å²) in [6, 6.07) is 3.42. The van der Waals surface area contributed by atoms with Crippen LogP contribution in [0.3, 0.4) is 0 Å². The van der Waals surface area contributed by atoms with Crippen LogP contribution < -0.4 is 19.9 Å². The third-order valence-electron chi connectivity index (χ3n) is 4.41. The van der Waals surface area contributed by atoms with Crippen molar-refractivity contribution in [3.63, 3.8) is 0 Å².